The van der Waals surface area contributed by atoms with Crippen molar-refractivity contribution in [2.75, 3.05) is 32.6 Å². The largest absolute Gasteiger partial charge is 0.377 e. The van der Waals surface area contributed by atoms with Gasteiger partial charge in [-0.25, -0.2) is 0 Å². The number of anilines is 1. The minimum Gasteiger partial charge on any atom is -0.377 e. The molecule has 0 aliphatic carbocycles. The number of aryl methyl sites for hydroxylation is 1. The fourth-order valence-electron chi connectivity index (χ4n) is 2.41. The second-order valence-electron chi connectivity index (χ2n) is 4.79. The molecule has 1 N–H and O–H groups in total. The van der Waals surface area contributed by atoms with E-state index in [1.165, 1.54) is 16.6 Å². The summed E-state index contributed by atoms with van der Waals surface area (Å²) in [6.45, 7) is 3.08. The zero-order chi connectivity index (χ0) is 13.1. The van der Waals surface area contributed by atoms with Gasteiger partial charge in [0.2, 0.25) is 0 Å². The molecule has 1 aromatic carbocycles. The molecule has 3 nitrogen and oxygen atoms in total. The minimum absolute atomic E-state index is 0.974. The normalized spacial score (nSPS) is 10.9. The monoisotopic (exact) mass is 243 g/mol. The average Bonchev–Trinajstić information content (AvgIpc) is 2.35. The lowest BCUT2D eigenvalue weighted by Gasteiger charge is -2.21. The summed E-state index contributed by atoms with van der Waals surface area (Å²) in [7, 11) is 6.19. The number of nitrogens with one attached hydrogen (secondary N) is 1. The van der Waals surface area contributed by atoms with Gasteiger partial charge in [-0.05, 0) is 38.6 Å². The van der Waals surface area contributed by atoms with E-state index in [1.54, 1.807) is 0 Å². The molecule has 0 fully saturated rings. The van der Waals surface area contributed by atoms with Crippen LogP contribution in [0.25, 0.3) is 10.9 Å². The molecule has 1 heterocycles. The quantitative estimate of drug-likeness (QED) is 0.893. The standard InChI is InChI=1S/C15H21N3/c1-11-12(9-10-16-2)15(18(3)4)13-7-5-6-8-14(13)17-11/h5-8,16H,9-10H2,1-4H3. The zero-order valence-corrected chi connectivity index (χ0v) is 11.6. The molecule has 1 aromatic heterocycles. The van der Waals surface area contributed by atoms with Crippen molar-refractivity contribution in [1.82, 2.24) is 10.3 Å². The lowest BCUT2D eigenvalue weighted by molar-refractivity contribution is 0.784. The molecule has 0 aliphatic rings. The molecule has 18 heavy (non-hydrogen) atoms. The van der Waals surface area contributed by atoms with Crippen LogP contribution < -0.4 is 10.2 Å². The molecular weight excluding hydrogens is 222 g/mol. The summed E-state index contributed by atoms with van der Waals surface area (Å²) in [5.74, 6) is 0. The van der Waals surface area contributed by atoms with E-state index in [1.807, 2.05) is 13.1 Å². The lowest BCUT2D eigenvalue weighted by atomic mass is 10.0. The maximum absolute atomic E-state index is 4.72. The summed E-state index contributed by atoms with van der Waals surface area (Å²) >= 11 is 0. The second-order valence-corrected chi connectivity index (χ2v) is 4.79. The summed E-state index contributed by atoms with van der Waals surface area (Å²) in [4.78, 5) is 6.91. The van der Waals surface area contributed by atoms with Crippen LogP contribution in [0, 0.1) is 6.92 Å². The van der Waals surface area contributed by atoms with Crippen LogP contribution in [0.3, 0.4) is 0 Å². The Morgan fingerprint density at radius 1 is 1.22 bits per heavy atom. The Balaban J connectivity index is 2.67. The third kappa shape index (κ3) is 2.31. The SMILES string of the molecule is CNCCc1c(C)nc2ccccc2c1N(C)C. The van der Waals surface area contributed by atoms with Crippen molar-refractivity contribution in [1.29, 1.82) is 0 Å². The molecule has 0 amide bonds. The summed E-state index contributed by atoms with van der Waals surface area (Å²) in [5, 5.41) is 4.45. The van der Waals surface area contributed by atoms with E-state index < -0.39 is 0 Å². The van der Waals surface area contributed by atoms with Gasteiger partial charge in [0, 0.05) is 25.2 Å². The van der Waals surface area contributed by atoms with Crippen LogP contribution in [-0.2, 0) is 6.42 Å². The predicted molar refractivity (Wildman–Crippen MR) is 78.4 cm³/mol. The molecule has 0 radical (unpaired) electrons. The van der Waals surface area contributed by atoms with Crippen LogP contribution in [0.1, 0.15) is 11.3 Å². The first kappa shape index (κ1) is 12.8. The number of nitrogens with zero attached hydrogens (tertiary/aromatic N) is 2. The molecule has 0 spiro atoms. The van der Waals surface area contributed by atoms with Crippen molar-refractivity contribution in [3.8, 4) is 0 Å². The number of pyridine rings is 1. The minimum atomic E-state index is 0.974. The first-order chi connectivity index (χ1) is 8.65. The number of benzene rings is 1. The van der Waals surface area contributed by atoms with Gasteiger partial charge >= 0.3 is 0 Å². The van der Waals surface area contributed by atoms with Crippen LogP contribution >= 0.6 is 0 Å². The Bertz CT molecular complexity index is 547. The number of fused-ring (bicyclic) bond motifs is 1. The molecule has 0 unspecified atom stereocenters. The van der Waals surface area contributed by atoms with Gasteiger partial charge < -0.3 is 10.2 Å². The number of rotatable bonds is 4. The van der Waals surface area contributed by atoms with E-state index in [9.17, 15) is 0 Å². The molecule has 0 saturated carbocycles. The third-order valence-electron chi connectivity index (χ3n) is 3.24. The Labute approximate surface area is 109 Å². The van der Waals surface area contributed by atoms with Gasteiger partial charge in [-0.1, -0.05) is 18.2 Å². The average molecular weight is 243 g/mol. The van der Waals surface area contributed by atoms with Gasteiger partial charge in [0.1, 0.15) is 0 Å². The van der Waals surface area contributed by atoms with Crippen molar-refractivity contribution >= 4 is 16.6 Å². The summed E-state index contributed by atoms with van der Waals surface area (Å²) < 4.78 is 0. The molecule has 2 rings (SSSR count). The Kier molecular flexibility index (Phi) is 3.82. The summed E-state index contributed by atoms with van der Waals surface area (Å²) in [5.41, 5.74) is 4.85. The van der Waals surface area contributed by atoms with Gasteiger partial charge in [0.05, 0.1) is 11.2 Å². The van der Waals surface area contributed by atoms with E-state index >= 15 is 0 Å². The zero-order valence-electron chi connectivity index (χ0n) is 11.6. The van der Waals surface area contributed by atoms with Crippen LogP contribution in [0.4, 0.5) is 5.69 Å². The van der Waals surface area contributed by atoms with Crippen LogP contribution in [0.15, 0.2) is 24.3 Å². The van der Waals surface area contributed by atoms with Crippen molar-refractivity contribution in [3.63, 3.8) is 0 Å². The van der Waals surface area contributed by atoms with Gasteiger partial charge in [-0.15, -0.1) is 0 Å². The number of para-hydroxylation sites is 1. The first-order valence-electron chi connectivity index (χ1n) is 6.35. The topological polar surface area (TPSA) is 28.2 Å². The van der Waals surface area contributed by atoms with E-state index in [4.69, 9.17) is 4.98 Å². The van der Waals surface area contributed by atoms with Crippen LogP contribution in [-0.4, -0.2) is 32.7 Å². The fourth-order valence-corrected chi connectivity index (χ4v) is 2.41. The highest BCUT2D eigenvalue weighted by Crippen LogP contribution is 2.30. The highest BCUT2D eigenvalue weighted by atomic mass is 15.1. The van der Waals surface area contributed by atoms with Gasteiger partial charge in [-0.3, -0.25) is 4.98 Å². The summed E-state index contributed by atoms with van der Waals surface area (Å²) in [6.07, 6.45) is 1.01. The molecule has 3 heteroatoms. The van der Waals surface area contributed by atoms with Gasteiger partial charge in [-0.2, -0.15) is 0 Å². The third-order valence-corrected chi connectivity index (χ3v) is 3.24. The summed E-state index contributed by atoms with van der Waals surface area (Å²) in [6, 6.07) is 8.35. The second kappa shape index (κ2) is 5.36. The number of hydrogen-bond donors (Lipinski definition) is 1. The van der Waals surface area contributed by atoms with E-state index in [0.717, 1.165) is 24.2 Å². The predicted octanol–water partition coefficient (Wildman–Crippen LogP) is 2.37. The van der Waals surface area contributed by atoms with Crippen molar-refractivity contribution in [2.45, 2.75) is 13.3 Å². The molecule has 0 aliphatic heterocycles. The molecular formula is C15H21N3. The Morgan fingerprint density at radius 3 is 2.61 bits per heavy atom. The van der Waals surface area contributed by atoms with Crippen LogP contribution in [0.5, 0.6) is 0 Å². The van der Waals surface area contributed by atoms with Gasteiger partial charge in [0.15, 0.2) is 0 Å². The molecule has 0 atom stereocenters. The van der Waals surface area contributed by atoms with E-state index in [-0.39, 0.29) is 0 Å². The smallest absolute Gasteiger partial charge is 0.0726 e. The van der Waals surface area contributed by atoms with E-state index in [0.29, 0.717) is 0 Å². The van der Waals surface area contributed by atoms with Crippen molar-refractivity contribution < 1.29 is 0 Å². The molecule has 0 bridgehead atoms. The number of likely N-dealkylation sites (N-methyl/N-ethyl adjacent to an activating group) is 1. The van der Waals surface area contributed by atoms with E-state index in [2.05, 4.69) is 49.4 Å². The Hall–Kier alpha value is -1.61. The van der Waals surface area contributed by atoms with Crippen LogP contribution in [0.2, 0.25) is 0 Å². The highest BCUT2D eigenvalue weighted by molar-refractivity contribution is 5.93. The van der Waals surface area contributed by atoms with Crippen molar-refractivity contribution in [3.05, 3.63) is 35.5 Å². The number of aromatic nitrogens is 1. The molecule has 96 valence electrons. The molecule has 0 saturated heterocycles. The number of hydrogen-bond acceptors (Lipinski definition) is 3. The van der Waals surface area contributed by atoms with Crippen molar-refractivity contribution in [2.24, 2.45) is 0 Å². The maximum atomic E-state index is 4.72. The Morgan fingerprint density at radius 2 is 1.94 bits per heavy atom. The highest BCUT2D eigenvalue weighted by Gasteiger charge is 2.13. The fraction of sp³-hybridized carbons (Fsp3) is 0.400. The first-order valence-corrected chi connectivity index (χ1v) is 6.35. The maximum Gasteiger partial charge on any atom is 0.0726 e. The lowest BCUT2D eigenvalue weighted by Crippen LogP contribution is -2.17. The molecule has 2 aromatic rings. The van der Waals surface area contributed by atoms with Gasteiger partial charge in [0.25, 0.3) is 0 Å².